The Kier molecular flexibility index (Phi) is 4.86. The molecule has 0 saturated heterocycles. The van der Waals surface area contributed by atoms with Crippen LogP contribution in [0.2, 0.25) is 0 Å². The van der Waals surface area contributed by atoms with E-state index in [0.717, 1.165) is 16.5 Å². The van der Waals surface area contributed by atoms with E-state index in [1.807, 2.05) is 52.0 Å². The highest BCUT2D eigenvalue weighted by Gasteiger charge is 2.48. The second-order valence-corrected chi connectivity index (χ2v) is 8.66. The summed E-state index contributed by atoms with van der Waals surface area (Å²) in [5.74, 6) is 0.474. The first kappa shape index (κ1) is 19.2. The molecule has 0 aliphatic carbocycles. The number of hydrogen-bond acceptors (Lipinski definition) is 4. The van der Waals surface area contributed by atoms with Gasteiger partial charge in [-0.25, -0.2) is 0 Å². The molecule has 0 bridgehead atoms. The minimum atomic E-state index is -0.794. The first-order valence-electron chi connectivity index (χ1n) is 8.56. The number of carbonyl (C=O) groups is 1. The van der Waals surface area contributed by atoms with Gasteiger partial charge in [-0.15, -0.1) is 0 Å². The molecule has 0 fully saturated rings. The first-order chi connectivity index (χ1) is 11.4. The smallest absolute Gasteiger partial charge is 0.317 e. The Labute approximate surface area is 150 Å². The van der Waals surface area contributed by atoms with Crippen molar-refractivity contribution in [1.82, 2.24) is 4.98 Å². The van der Waals surface area contributed by atoms with Crippen LogP contribution >= 0.6 is 0 Å². The van der Waals surface area contributed by atoms with Gasteiger partial charge in [-0.1, -0.05) is 26.8 Å². The SMILES string of the molecule is COc1cnc2ccc(C(C)(C(=O)OC(C)(C)C)C(C)(C)C)cc2c1. The minimum absolute atomic E-state index is 0.220. The van der Waals surface area contributed by atoms with Crippen LogP contribution in [0.25, 0.3) is 10.9 Å². The van der Waals surface area contributed by atoms with Crippen molar-refractivity contribution in [3.8, 4) is 5.75 Å². The molecule has 0 radical (unpaired) electrons. The summed E-state index contributed by atoms with van der Waals surface area (Å²) in [6.07, 6.45) is 1.69. The highest BCUT2D eigenvalue weighted by Crippen LogP contribution is 2.44. The number of esters is 1. The Hall–Kier alpha value is -2.10. The van der Waals surface area contributed by atoms with Crippen molar-refractivity contribution in [1.29, 1.82) is 0 Å². The van der Waals surface area contributed by atoms with E-state index in [-0.39, 0.29) is 11.4 Å². The van der Waals surface area contributed by atoms with Gasteiger partial charge in [0.25, 0.3) is 0 Å². The van der Waals surface area contributed by atoms with Crippen molar-refractivity contribution in [2.45, 2.75) is 59.5 Å². The topological polar surface area (TPSA) is 48.4 Å². The third-order valence-electron chi connectivity index (χ3n) is 4.78. The van der Waals surface area contributed by atoms with E-state index < -0.39 is 11.0 Å². The average Bonchev–Trinajstić information content (AvgIpc) is 2.50. The van der Waals surface area contributed by atoms with Crippen LogP contribution < -0.4 is 4.74 Å². The molecule has 1 atom stereocenters. The minimum Gasteiger partial charge on any atom is -0.495 e. The normalized spacial score (nSPS) is 14.9. The number of benzene rings is 1. The van der Waals surface area contributed by atoms with E-state index in [9.17, 15) is 4.79 Å². The monoisotopic (exact) mass is 343 g/mol. The van der Waals surface area contributed by atoms with E-state index in [0.29, 0.717) is 5.75 Å². The molecule has 0 aliphatic rings. The third-order valence-corrected chi connectivity index (χ3v) is 4.78. The second-order valence-electron chi connectivity index (χ2n) is 8.66. The van der Waals surface area contributed by atoms with Gasteiger partial charge in [0, 0.05) is 5.39 Å². The third kappa shape index (κ3) is 3.78. The van der Waals surface area contributed by atoms with Crippen LogP contribution in [0.15, 0.2) is 30.5 Å². The highest BCUT2D eigenvalue weighted by atomic mass is 16.6. The molecule has 1 unspecified atom stereocenters. The van der Waals surface area contributed by atoms with Crippen LogP contribution in [0.4, 0.5) is 0 Å². The first-order valence-corrected chi connectivity index (χ1v) is 8.56. The molecule has 2 rings (SSSR count). The van der Waals surface area contributed by atoms with Crippen LogP contribution in [0.3, 0.4) is 0 Å². The molecule has 4 heteroatoms. The van der Waals surface area contributed by atoms with Gasteiger partial charge in [0.05, 0.1) is 24.2 Å². The van der Waals surface area contributed by atoms with Crippen LogP contribution in [0, 0.1) is 5.41 Å². The predicted octanol–water partition coefficient (Wildman–Crippen LogP) is 4.89. The summed E-state index contributed by atoms with van der Waals surface area (Å²) < 4.78 is 11.0. The van der Waals surface area contributed by atoms with Crippen molar-refractivity contribution in [3.05, 3.63) is 36.0 Å². The lowest BCUT2D eigenvalue weighted by molar-refractivity contribution is -0.166. The molecule has 2 aromatic rings. The number of nitrogens with zero attached hydrogens (tertiary/aromatic N) is 1. The molecule has 4 nitrogen and oxygen atoms in total. The standard InChI is InChI=1S/C21H29NO3/c1-19(2,3)21(7,18(23)25-20(4,5)6)15-9-10-17-14(11-15)12-16(24-8)13-22-17/h9-13H,1-8H3. The van der Waals surface area contributed by atoms with Gasteiger partial charge in [-0.2, -0.15) is 0 Å². The maximum absolute atomic E-state index is 13.1. The maximum atomic E-state index is 13.1. The number of methoxy groups -OCH3 is 1. The van der Waals surface area contributed by atoms with Crippen molar-refractivity contribution >= 4 is 16.9 Å². The van der Waals surface area contributed by atoms with Crippen molar-refractivity contribution in [2.24, 2.45) is 5.41 Å². The molecule has 0 spiro atoms. The lowest BCUT2D eigenvalue weighted by Gasteiger charge is -2.41. The number of hydrogen-bond donors (Lipinski definition) is 0. The Morgan fingerprint density at radius 2 is 1.64 bits per heavy atom. The number of pyridine rings is 1. The van der Waals surface area contributed by atoms with Crippen molar-refractivity contribution in [3.63, 3.8) is 0 Å². The van der Waals surface area contributed by atoms with Crippen LogP contribution in [-0.2, 0) is 14.9 Å². The summed E-state index contributed by atoms with van der Waals surface area (Å²) in [6, 6.07) is 7.86. The summed E-state index contributed by atoms with van der Waals surface area (Å²) in [7, 11) is 1.62. The molecule has 136 valence electrons. The summed E-state index contributed by atoms with van der Waals surface area (Å²) in [6.45, 7) is 13.8. The Balaban J connectivity index is 2.62. The Morgan fingerprint density at radius 3 is 2.16 bits per heavy atom. The molecule has 0 N–H and O–H groups in total. The second kappa shape index (κ2) is 6.32. The summed E-state index contributed by atoms with van der Waals surface area (Å²) in [5.41, 5.74) is 0.125. The van der Waals surface area contributed by atoms with Gasteiger partial charge in [0.15, 0.2) is 0 Å². The number of fused-ring (bicyclic) bond motifs is 1. The highest BCUT2D eigenvalue weighted by molar-refractivity contribution is 5.87. The number of ether oxygens (including phenoxy) is 2. The van der Waals surface area contributed by atoms with E-state index >= 15 is 0 Å². The van der Waals surface area contributed by atoms with Gasteiger partial charge >= 0.3 is 5.97 Å². The molecule has 0 saturated carbocycles. The largest absolute Gasteiger partial charge is 0.495 e. The van der Waals surface area contributed by atoms with Gasteiger partial charge in [-0.05, 0) is 56.9 Å². The van der Waals surface area contributed by atoms with E-state index in [1.54, 1.807) is 13.3 Å². The quantitative estimate of drug-likeness (QED) is 0.745. The lowest BCUT2D eigenvalue weighted by Crippen LogP contribution is -2.47. The summed E-state index contributed by atoms with van der Waals surface area (Å²) in [5, 5.41) is 0.941. The molecular weight excluding hydrogens is 314 g/mol. The summed E-state index contributed by atoms with van der Waals surface area (Å²) in [4.78, 5) is 17.5. The Bertz CT molecular complexity index is 784. The van der Waals surface area contributed by atoms with E-state index in [4.69, 9.17) is 9.47 Å². The Morgan fingerprint density at radius 1 is 1.00 bits per heavy atom. The van der Waals surface area contributed by atoms with Crippen LogP contribution in [0.5, 0.6) is 5.75 Å². The molecule has 25 heavy (non-hydrogen) atoms. The predicted molar refractivity (Wildman–Crippen MR) is 101 cm³/mol. The van der Waals surface area contributed by atoms with Crippen molar-refractivity contribution < 1.29 is 14.3 Å². The fraction of sp³-hybridized carbons (Fsp3) is 0.524. The average molecular weight is 343 g/mol. The molecule has 0 amide bonds. The molecule has 1 heterocycles. The van der Waals surface area contributed by atoms with Gasteiger partial charge in [0.1, 0.15) is 11.4 Å². The fourth-order valence-electron chi connectivity index (χ4n) is 2.77. The van der Waals surface area contributed by atoms with Crippen LogP contribution in [-0.4, -0.2) is 23.7 Å². The van der Waals surface area contributed by atoms with E-state index in [1.165, 1.54) is 0 Å². The fourth-order valence-corrected chi connectivity index (χ4v) is 2.77. The van der Waals surface area contributed by atoms with Gasteiger partial charge < -0.3 is 9.47 Å². The molecule has 0 aliphatic heterocycles. The van der Waals surface area contributed by atoms with Gasteiger partial charge in [-0.3, -0.25) is 9.78 Å². The number of carbonyl (C=O) groups excluding carboxylic acids is 1. The van der Waals surface area contributed by atoms with Crippen LogP contribution in [0.1, 0.15) is 54.0 Å². The maximum Gasteiger partial charge on any atom is 0.317 e. The van der Waals surface area contributed by atoms with Gasteiger partial charge in [0.2, 0.25) is 0 Å². The zero-order chi connectivity index (χ0) is 19.0. The molecule has 1 aromatic heterocycles. The zero-order valence-corrected chi connectivity index (χ0v) is 16.6. The lowest BCUT2D eigenvalue weighted by atomic mass is 9.63. The van der Waals surface area contributed by atoms with E-state index in [2.05, 4.69) is 25.8 Å². The summed E-state index contributed by atoms with van der Waals surface area (Å²) >= 11 is 0. The number of aromatic nitrogens is 1. The molecule has 1 aromatic carbocycles. The zero-order valence-electron chi connectivity index (χ0n) is 16.6. The van der Waals surface area contributed by atoms with Crippen molar-refractivity contribution in [2.75, 3.05) is 7.11 Å². The number of rotatable bonds is 3. The molecular formula is C21H29NO3.